The molecule has 1 aliphatic rings. The van der Waals surface area contributed by atoms with E-state index in [1.807, 2.05) is 0 Å². The minimum atomic E-state index is -0.467. The Kier molecular flexibility index (Phi) is 5.07. The van der Waals surface area contributed by atoms with Crippen LogP contribution in [0.1, 0.15) is 22.3 Å². The van der Waals surface area contributed by atoms with Crippen LogP contribution < -0.4 is 10.4 Å². The van der Waals surface area contributed by atoms with Crippen LogP contribution in [0.15, 0.2) is 97.1 Å². The molecule has 0 unspecified atom stereocenters. The molecule has 0 nitrogen and oxygen atoms in total. The van der Waals surface area contributed by atoms with E-state index in [1.165, 1.54) is 43.8 Å². The van der Waals surface area contributed by atoms with Crippen molar-refractivity contribution in [1.82, 2.24) is 0 Å². The maximum Gasteiger partial charge on any atom is 0.0791 e. The van der Waals surface area contributed by atoms with Crippen LogP contribution >= 0.6 is 0 Å². The maximum absolute atomic E-state index is 2.38. The molecule has 5 rings (SSSR count). The van der Waals surface area contributed by atoms with Crippen molar-refractivity contribution in [1.29, 1.82) is 0 Å². The van der Waals surface area contributed by atoms with Crippen molar-refractivity contribution in [3.05, 3.63) is 119 Å². The molecule has 0 saturated carbocycles. The standard InChI is InChI=1S/C29H28Si2/c1-30(2)23-17-13-21(14-18-23)29(22-15-19-24(20-16-22)31(3)4)27-11-7-5-9-25(27)26-10-6-8-12-28(26)29/h5-20H,1-4H3. The Balaban J connectivity index is 1.84. The summed E-state index contributed by atoms with van der Waals surface area (Å²) in [6.07, 6.45) is 0. The third kappa shape index (κ3) is 3.09. The molecule has 0 spiro atoms. The highest BCUT2D eigenvalue weighted by molar-refractivity contribution is 6.71. The average molecular weight is 433 g/mol. The fourth-order valence-corrected chi connectivity index (χ4v) is 6.80. The molecule has 1 aliphatic carbocycles. The second-order valence-corrected chi connectivity index (χ2v) is 14.2. The topological polar surface area (TPSA) is 0 Å². The van der Waals surface area contributed by atoms with Gasteiger partial charge in [-0.05, 0) is 33.4 Å². The Morgan fingerprint density at radius 3 is 1.16 bits per heavy atom. The van der Waals surface area contributed by atoms with Crippen LogP contribution in [0.4, 0.5) is 0 Å². The van der Waals surface area contributed by atoms with Gasteiger partial charge in [-0.2, -0.15) is 0 Å². The van der Waals surface area contributed by atoms with Gasteiger partial charge < -0.3 is 0 Å². The summed E-state index contributed by atoms with van der Waals surface area (Å²) >= 11 is 0. The van der Waals surface area contributed by atoms with E-state index >= 15 is 0 Å². The quantitative estimate of drug-likeness (QED) is 0.307. The smallest absolute Gasteiger partial charge is 0.0671 e. The molecule has 2 heteroatoms. The first-order valence-electron chi connectivity index (χ1n) is 11.0. The zero-order valence-electron chi connectivity index (χ0n) is 18.7. The fourth-order valence-electron chi connectivity index (χ4n) is 5.13. The molecule has 4 aromatic rings. The molecule has 0 N–H and O–H groups in total. The van der Waals surface area contributed by atoms with Crippen molar-refractivity contribution in [2.45, 2.75) is 31.6 Å². The number of hydrogen-bond donors (Lipinski definition) is 0. The van der Waals surface area contributed by atoms with Crippen LogP contribution in [0, 0.1) is 0 Å². The van der Waals surface area contributed by atoms with Gasteiger partial charge in [0.1, 0.15) is 0 Å². The van der Waals surface area contributed by atoms with Gasteiger partial charge in [-0.15, -0.1) is 0 Å². The van der Waals surface area contributed by atoms with Crippen LogP contribution in [0.25, 0.3) is 11.1 Å². The van der Waals surface area contributed by atoms with E-state index in [9.17, 15) is 0 Å². The molecule has 0 heterocycles. The van der Waals surface area contributed by atoms with Crippen molar-refractivity contribution >= 4 is 28.0 Å². The van der Waals surface area contributed by atoms with Crippen LogP contribution in [-0.2, 0) is 5.41 Å². The largest absolute Gasteiger partial charge is 0.0791 e. The summed E-state index contributed by atoms with van der Waals surface area (Å²) in [6, 6.07) is 37.0. The molecule has 0 bridgehead atoms. The summed E-state index contributed by atoms with van der Waals surface area (Å²) < 4.78 is 0. The minimum Gasteiger partial charge on any atom is -0.0671 e. The highest BCUT2D eigenvalue weighted by Crippen LogP contribution is 2.55. The predicted molar refractivity (Wildman–Crippen MR) is 138 cm³/mol. The Labute approximate surface area is 189 Å². The van der Waals surface area contributed by atoms with E-state index in [2.05, 4.69) is 123 Å². The van der Waals surface area contributed by atoms with Gasteiger partial charge in [-0.3, -0.25) is 0 Å². The van der Waals surface area contributed by atoms with Gasteiger partial charge >= 0.3 is 0 Å². The number of hydrogen-bond acceptors (Lipinski definition) is 0. The number of rotatable bonds is 4. The van der Waals surface area contributed by atoms with Crippen molar-refractivity contribution in [3.63, 3.8) is 0 Å². The lowest BCUT2D eigenvalue weighted by Gasteiger charge is -2.34. The lowest BCUT2D eigenvalue weighted by Crippen LogP contribution is -2.31. The van der Waals surface area contributed by atoms with Gasteiger partial charge in [-0.1, -0.05) is 134 Å². The summed E-state index contributed by atoms with van der Waals surface area (Å²) in [6.45, 7) is 9.46. The molecular weight excluding hydrogens is 404 g/mol. The number of fused-ring (bicyclic) bond motifs is 3. The summed E-state index contributed by atoms with van der Waals surface area (Å²) in [4.78, 5) is 0. The van der Waals surface area contributed by atoms with Gasteiger partial charge in [0, 0.05) is 0 Å². The van der Waals surface area contributed by atoms with Crippen LogP contribution in [0.5, 0.6) is 0 Å². The second kappa shape index (κ2) is 7.78. The van der Waals surface area contributed by atoms with Gasteiger partial charge in [0.05, 0.1) is 23.0 Å². The van der Waals surface area contributed by atoms with E-state index < -0.39 is 17.6 Å². The second-order valence-electron chi connectivity index (χ2n) is 9.00. The molecule has 0 saturated heterocycles. The molecule has 0 aliphatic heterocycles. The molecule has 0 atom stereocenters. The van der Waals surface area contributed by atoms with Crippen LogP contribution in [-0.4, -0.2) is 17.6 Å². The van der Waals surface area contributed by atoms with Crippen molar-refractivity contribution < 1.29 is 0 Å². The molecule has 4 aromatic carbocycles. The first-order valence-corrected chi connectivity index (χ1v) is 16.0. The Bertz CT molecular complexity index is 1120. The Hall–Kier alpha value is -2.69. The molecule has 152 valence electrons. The fraction of sp³-hybridized carbons (Fsp3) is 0.172. The number of benzene rings is 4. The summed E-state index contributed by atoms with van der Waals surface area (Å²) in [5.41, 5.74) is 7.97. The molecule has 0 amide bonds. The third-order valence-corrected chi connectivity index (χ3v) is 9.72. The molecule has 0 fully saturated rings. The minimum absolute atomic E-state index is 0.271. The van der Waals surface area contributed by atoms with Gasteiger partial charge in [0.25, 0.3) is 0 Å². The van der Waals surface area contributed by atoms with E-state index in [1.54, 1.807) is 0 Å². The van der Waals surface area contributed by atoms with Crippen LogP contribution in [0.3, 0.4) is 0 Å². The highest BCUT2D eigenvalue weighted by Gasteiger charge is 2.45. The highest BCUT2D eigenvalue weighted by atomic mass is 28.3. The summed E-state index contributed by atoms with van der Waals surface area (Å²) in [7, 11) is -0.934. The van der Waals surface area contributed by atoms with Gasteiger partial charge in [0.15, 0.2) is 0 Å². The predicted octanol–water partition coefficient (Wildman–Crippen LogP) is 5.97. The molecular formula is C29H28Si2. The first-order chi connectivity index (χ1) is 15.0. The SMILES string of the molecule is C[Si](C)c1ccc(C2(c3ccc([Si](C)C)cc3)c3ccccc3-c3ccccc32)cc1. The van der Waals surface area contributed by atoms with Crippen molar-refractivity contribution in [3.8, 4) is 11.1 Å². The Morgan fingerprint density at radius 2 is 0.806 bits per heavy atom. The van der Waals surface area contributed by atoms with Gasteiger partial charge in [-0.25, -0.2) is 0 Å². The van der Waals surface area contributed by atoms with E-state index in [0.29, 0.717) is 0 Å². The average Bonchev–Trinajstić information content (AvgIpc) is 3.11. The van der Waals surface area contributed by atoms with Gasteiger partial charge in [0.2, 0.25) is 0 Å². The van der Waals surface area contributed by atoms with Crippen LogP contribution in [0.2, 0.25) is 26.2 Å². The molecule has 0 aromatic heterocycles. The summed E-state index contributed by atoms with van der Waals surface area (Å²) in [5.74, 6) is 0. The zero-order chi connectivity index (χ0) is 21.6. The van der Waals surface area contributed by atoms with E-state index in [-0.39, 0.29) is 5.41 Å². The summed E-state index contributed by atoms with van der Waals surface area (Å²) in [5, 5.41) is 2.98. The zero-order valence-corrected chi connectivity index (χ0v) is 20.7. The van der Waals surface area contributed by atoms with E-state index in [4.69, 9.17) is 0 Å². The normalized spacial score (nSPS) is 14.0. The lowest BCUT2D eigenvalue weighted by molar-refractivity contribution is 0.769. The third-order valence-electron chi connectivity index (χ3n) is 6.74. The van der Waals surface area contributed by atoms with E-state index in [0.717, 1.165) is 0 Å². The first kappa shape index (κ1) is 20.2. The maximum atomic E-state index is 2.38. The monoisotopic (exact) mass is 432 g/mol. The Morgan fingerprint density at radius 1 is 0.452 bits per heavy atom. The molecule has 2 radical (unpaired) electrons. The molecule has 31 heavy (non-hydrogen) atoms. The van der Waals surface area contributed by atoms with Crippen molar-refractivity contribution in [2.75, 3.05) is 0 Å². The van der Waals surface area contributed by atoms with Crippen molar-refractivity contribution in [2.24, 2.45) is 0 Å². The lowest BCUT2D eigenvalue weighted by atomic mass is 9.68.